The van der Waals surface area contributed by atoms with Gasteiger partial charge in [0.15, 0.2) is 0 Å². The number of nitrogens with zero attached hydrogens (tertiary/aromatic N) is 2. The van der Waals surface area contributed by atoms with Crippen LogP contribution in [-0.4, -0.2) is 72.9 Å². The highest BCUT2D eigenvalue weighted by atomic mass is 32.1. The SMILES string of the molecule is CCOC[C@@H](O)CN1CCN(C(=O)c2cc3ccccc3s2)CC1. The van der Waals surface area contributed by atoms with E-state index >= 15 is 0 Å². The molecule has 0 saturated carbocycles. The molecular formula is C18H24N2O3S. The summed E-state index contributed by atoms with van der Waals surface area (Å²) in [5.74, 6) is 0.116. The molecule has 130 valence electrons. The lowest BCUT2D eigenvalue weighted by molar-refractivity contribution is 0.0112. The first kappa shape index (κ1) is 17.4. The van der Waals surface area contributed by atoms with E-state index in [1.165, 1.54) is 0 Å². The summed E-state index contributed by atoms with van der Waals surface area (Å²) in [7, 11) is 0. The number of hydrogen-bond donors (Lipinski definition) is 1. The minimum Gasteiger partial charge on any atom is -0.389 e. The smallest absolute Gasteiger partial charge is 0.264 e. The number of rotatable bonds is 6. The number of piperazine rings is 1. The highest BCUT2D eigenvalue weighted by Crippen LogP contribution is 2.26. The van der Waals surface area contributed by atoms with E-state index < -0.39 is 6.10 Å². The molecule has 5 nitrogen and oxygen atoms in total. The van der Waals surface area contributed by atoms with Crippen molar-refractivity contribution in [3.05, 3.63) is 35.2 Å². The fourth-order valence-electron chi connectivity index (χ4n) is 2.98. The number of β-amino-alcohol motifs (C(OH)–C–C–N with tert-alkyl or cyclic N) is 1. The van der Waals surface area contributed by atoms with Crippen LogP contribution in [-0.2, 0) is 4.74 Å². The van der Waals surface area contributed by atoms with Gasteiger partial charge < -0.3 is 14.7 Å². The average Bonchev–Trinajstić information content (AvgIpc) is 3.04. The van der Waals surface area contributed by atoms with Crippen LogP contribution in [0.15, 0.2) is 30.3 Å². The molecule has 0 spiro atoms. The molecule has 1 fully saturated rings. The van der Waals surface area contributed by atoms with E-state index in [4.69, 9.17) is 4.74 Å². The minimum atomic E-state index is -0.463. The molecule has 1 N–H and O–H groups in total. The van der Waals surface area contributed by atoms with Crippen molar-refractivity contribution in [1.82, 2.24) is 9.80 Å². The van der Waals surface area contributed by atoms with Crippen molar-refractivity contribution in [1.29, 1.82) is 0 Å². The van der Waals surface area contributed by atoms with Crippen LogP contribution in [0.4, 0.5) is 0 Å². The number of ether oxygens (including phenoxy) is 1. The third-order valence-corrected chi connectivity index (χ3v) is 5.38. The Hall–Kier alpha value is -1.47. The summed E-state index contributed by atoms with van der Waals surface area (Å²) in [4.78, 5) is 17.6. The van der Waals surface area contributed by atoms with Gasteiger partial charge in [-0.1, -0.05) is 18.2 Å². The second kappa shape index (κ2) is 8.07. The lowest BCUT2D eigenvalue weighted by Gasteiger charge is -2.35. The van der Waals surface area contributed by atoms with Crippen molar-refractivity contribution < 1.29 is 14.6 Å². The standard InChI is InChI=1S/C18H24N2O3S/c1-2-23-13-15(21)12-19-7-9-20(10-8-19)18(22)17-11-14-5-3-4-6-16(14)24-17/h3-6,11,15,21H,2,7-10,12-13H2,1H3/t15-/m0/s1. The second-order valence-electron chi connectivity index (χ2n) is 6.05. The van der Waals surface area contributed by atoms with E-state index in [0.29, 0.717) is 32.8 Å². The number of aliphatic hydroxyl groups is 1. The topological polar surface area (TPSA) is 53.0 Å². The second-order valence-corrected chi connectivity index (χ2v) is 7.14. The number of carbonyl (C=O) groups excluding carboxylic acids is 1. The Labute approximate surface area is 146 Å². The molecule has 2 aromatic rings. The van der Waals surface area contributed by atoms with Gasteiger partial charge in [0, 0.05) is 44.0 Å². The molecule has 0 radical (unpaired) electrons. The molecule has 6 heteroatoms. The van der Waals surface area contributed by atoms with Gasteiger partial charge in [-0.15, -0.1) is 11.3 Å². The summed E-state index contributed by atoms with van der Waals surface area (Å²) in [6.07, 6.45) is -0.463. The number of amides is 1. The minimum absolute atomic E-state index is 0.116. The fourth-order valence-corrected chi connectivity index (χ4v) is 4.01. The van der Waals surface area contributed by atoms with Gasteiger partial charge in [0.2, 0.25) is 0 Å². The zero-order chi connectivity index (χ0) is 16.9. The molecule has 1 amide bonds. The number of aliphatic hydroxyl groups excluding tert-OH is 1. The Morgan fingerprint density at radius 1 is 1.29 bits per heavy atom. The molecule has 0 bridgehead atoms. The van der Waals surface area contributed by atoms with E-state index in [1.807, 2.05) is 36.1 Å². The van der Waals surface area contributed by atoms with Crippen molar-refractivity contribution >= 4 is 27.3 Å². The van der Waals surface area contributed by atoms with Crippen LogP contribution in [0, 0.1) is 0 Å². The Kier molecular flexibility index (Phi) is 5.84. The third-order valence-electron chi connectivity index (χ3n) is 4.28. The number of hydrogen-bond acceptors (Lipinski definition) is 5. The number of carbonyl (C=O) groups is 1. The summed E-state index contributed by atoms with van der Waals surface area (Å²) >= 11 is 1.56. The molecule has 1 aliphatic rings. The van der Waals surface area contributed by atoms with Crippen LogP contribution >= 0.6 is 11.3 Å². The van der Waals surface area contributed by atoms with Gasteiger partial charge in [-0.05, 0) is 24.4 Å². The van der Waals surface area contributed by atoms with Gasteiger partial charge in [-0.25, -0.2) is 0 Å². The van der Waals surface area contributed by atoms with Gasteiger partial charge in [-0.3, -0.25) is 9.69 Å². The largest absolute Gasteiger partial charge is 0.389 e. The molecule has 2 heterocycles. The molecule has 0 unspecified atom stereocenters. The molecule has 1 saturated heterocycles. The molecule has 1 aliphatic heterocycles. The van der Waals surface area contributed by atoms with Gasteiger partial charge in [0.1, 0.15) is 0 Å². The van der Waals surface area contributed by atoms with Crippen molar-refractivity contribution in [2.75, 3.05) is 45.9 Å². The maximum Gasteiger partial charge on any atom is 0.264 e. The summed E-state index contributed by atoms with van der Waals surface area (Å²) in [6, 6.07) is 10.1. The number of fused-ring (bicyclic) bond motifs is 1. The van der Waals surface area contributed by atoms with Crippen LogP contribution in [0.25, 0.3) is 10.1 Å². The first-order valence-corrected chi connectivity index (χ1v) is 9.25. The van der Waals surface area contributed by atoms with Gasteiger partial charge >= 0.3 is 0 Å². The van der Waals surface area contributed by atoms with E-state index in [0.717, 1.165) is 28.1 Å². The highest BCUT2D eigenvalue weighted by Gasteiger charge is 2.24. The fraction of sp³-hybridized carbons (Fsp3) is 0.500. The predicted molar refractivity (Wildman–Crippen MR) is 96.7 cm³/mol. The Morgan fingerprint density at radius 2 is 2.04 bits per heavy atom. The van der Waals surface area contributed by atoms with E-state index in [1.54, 1.807) is 11.3 Å². The lowest BCUT2D eigenvalue weighted by Crippen LogP contribution is -2.50. The summed E-state index contributed by atoms with van der Waals surface area (Å²) < 4.78 is 6.39. The number of benzene rings is 1. The van der Waals surface area contributed by atoms with Crippen LogP contribution in [0.5, 0.6) is 0 Å². The zero-order valence-corrected chi connectivity index (χ0v) is 14.8. The Morgan fingerprint density at radius 3 is 2.75 bits per heavy atom. The molecule has 0 aliphatic carbocycles. The normalized spacial score (nSPS) is 17.3. The van der Waals surface area contributed by atoms with E-state index in [-0.39, 0.29) is 5.91 Å². The number of thiophene rings is 1. The van der Waals surface area contributed by atoms with Gasteiger partial charge in [0.05, 0.1) is 17.6 Å². The highest BCUT2D eigenvalue weighted by molar-refractivity contribution is 7.20. The first-order valence-electron chi connectivity index (χ1n) is 8.43. The van der Waals surface area contributed by atoms with Crippen molar-refractivity contribution in [2.45, 2.75) is 13.0 Å². The molecule has 24 heavy (non-hydrogen) atoms. The zero-order valence-electron chi connectivity index (χ0n) is 14.0. The molecule has 3 rings (SSSR count). The quantitative estimate of drug-likeness (QED) is 0.868. The third kappa shape index (κ3) is 4.13. The van der Waals surface area contributed by atoms with Gasteiger partial charge in [0.25, 0.3) is 5.91 Å². The predicted octanol–water partition coefficient (Wildman–Crippen LogP) is 2.06. The Bertz CT molecular complexity index is 647. The summed E-state index contributed by atoms with van der Waals surface area (Å²) in [5.41, 5.74) is 0. The van der Waals surface area contributed by atoms with Crippen molar-refractivity contribution in [2.24, 2.45) is 0 Å². The van der Waals surface area contributed by atoms with Crippen LogP contribution in [0.2, 0.25) is 0 Å². The van der Waals surface area contributed by atoms with E-state index in [9.17, 15) is 9.90 Å². The molecule has 1 aromatic heterocycles. The Balaban J connectivity index is 1.53. The average molecular weight is 348 g/mol. The first-order chi connectivity index (χ1) is 11.7. The van der Waals surface area contributed by atoms with Crippen LogP contribution in [0.1, 0.15) is 16.6 Å². The molecule has 1 atom stereocenters. The van der Waals surface area contributed by atoms with Crippen LogP contribution in [0.3, 0.4) is 0 Å². The maximum absolute atomic E-state index is 12.7. The lowest BCUT2D eigenvalue weighted by atomic mass is 10.2. The van der Waals surface area contributed by atoms with Gasteiger partial charge in [-0.2, -0.15) is 0 Å². The van der Waals surface area contributed by atoms with E-state index in [2.05, 4.69) is 11.0 Å². The molecular weight excluding hydrogens is 324 g/mol. The van der Waals surface area contributed by atoms with Crippen LogP contribution < -0.4 is 0 Å². The van der Waals surface area contributed by atoms with Crippen molar-refractivity contribution in [3.63, 3.8) is 0 Å². The monoisotopic (exact) mass is 348 g/mol. The maximum atomic E-state index is 12.7. The summed E-state index contributed by atoms with van der Waals surface area (Å²) in [5, 5.41) is 11.0. The summed E-state index contributed by atoms with van der Waals surface area (Å²) in [6.45, 7) is 6.50. The van der Waals surface area contributed by atoms with Crippen molar-refractivity contribution in [3.8, 4) is 0 Å². The molecule has 1 aromatic carbocycles.